The Morgan fingerprint density at radius 1 is 0.926 bits per heavy atom. The van der Waals surface area contributed by atoms with Gasteiger partial charge < -0.3 is 29.0 Å². The van der Waals surface area contributed by atoms with Gasteiger partial charge in [-0.15, -0.1) is 0 Å². The van der Waals surface area contributed by atoms with Gasteiger partial charge in [-0.05, 0) is 72.5 Å². The largest absolute Gasteiger partial charge is 0.489 e. The molecule has 9 nitrogen and oxygen atoms in total. The Kier molecular flexibility index (Phi) is 11.3. The number of nitrogens with zero attached hydrogens (tertiary/aromatic N) is 3. The Hall–Kier alpha value is -5.23. The number of ether oxygens (including phenoxy) is 3. The summed E-state index contributed by atoms with van der Waals surface area (Å²) in [6.07, 6.45) is 0.635. The molecule has 3 heterocycles. The van der Waals surface area contributed by atoms with Gasteiger partial charge in [0.1, 0.15) is 18.1 Å². The standard InChI is InChI=1S/C42H41ClF2N4O5/c1-27-34(40(50)46-31-12-14-33(15-13-31)53-26-28-8-4-3-5-9-28)22-38(47(27)2)35-21-37(43)39(54-42(44)45)23-36(35)41(51)49-24-30-11-7-6-10-29(30)20-32(49)25-48-16-18-52-19-17-48/h3-15,21-23,32,42H,16-20,24-26H2,1-2H3,(H,46,50)/t32-/m0/s1. The highest BCUT2D eigenvalue weighted by Crippen LogP contribution is 2.38. The summed E-state index contributed by atoms with van der Waals surface area (Å²) in [5.41, 5.74) is 5.84. The smallest absolute Gasteiger partial charge is 0.387 e. The van der Waals surface area contributed by atoms with E-state index < -0.39 is 6.61 Å². The first-order chi connectivity index (χ1) is 26.1. The average Bonchev–Trinajstić information content (AvgIpc) is 3.48. The molecule has 1 atom stereocenters. The summed E-state index contributed by atoms with van der Waals surface area (Å²) in [7, 11) is 1.78. The molecule has 4 aromatic carbocycles. The minimum atomic E-state index is -3.15. The van der Waals surface area contributed by atoms with Gasteiger partial charge in [0.25, 0.3) is 11.8 Å². The van der Waals surface area contributed by atoms with Crippen LogP contribution in [0, 0.1) is 6.92 Å². The van der Waals surface area contributed by atoms with Gasteiger partial charge in [0.15, 0.2) is 0 Å². The number of rotatable bonds is 11. The van der Waals surface area contributed by atoms with Crippen molar-refractivity contribution in [3.8, 4) is 22.8 Å². The summed E-state index contributed by atoms with van der Waals surface area (Å²) >= 11 is 6.55. The van der Waals surface area contributed by atoms with Crippen LogP contribution in [0.2, 0.25) is 5.02 Å². The highest BCUT2D eigenvalue weighted by molar-refractivity contribution is 6.32. The van der Waals surface area contributed by atoms with Crippen LogP contribution in [0.5, 0.6) is 11.5 Å². The Morgan fingerprint density at radius 3 is 2.35 bits per heavy atom. The van der Waals surface area contributed by atoms with E-state index in [0.717, 1.165) is 24.2 Å². The number of carbonyl (C=O) groups excluding carboxylic acids is 2. The number of aromatic nitrogens is 1. The second-order valence-corrected chi connectivity index (χ2v) is 13.9. The fourth-order valence-electron chi connectivity index (χ4n) is 7.11. The maximum absolute atomic E-state index is 14.8. The molecular weight excluding hydrogens is 714 g/mol. The molecule has 0 unspecified atom stereocenters. The van der Waals surface area contributed by atoms with Crippen molar-refractivity contribution in [3.63, 3.8) is 0 Å². The average molecular weight is 755 g/mol. The number of hydrogen-bond donors (Lipinski definition) is 1. The van der Waals surface area contributed by atoms with Gasteiger partial charge in [0.2, 0.25) is 0 Å². The van der Waals surface area contributed by atoms with E-state index in [4.69, 9.17) is 25.8 Å². The van der Waals surface area contributed by atoms with Crippen LogP contribution in [-0.4, -0.2) is 71.7 Å². The number of morpholine rings is 1. The zero-order chi connectivity index (χ0) is 37.8. The van der Waals surface area contributed by atoms with Crippen molar-refractivity contribution in [3.05, 3.63) is 136 Å². The van der Waals surface area contributed by atoms with E-state index in [-0.39, 0.29) is 34.2 Å². The second kappa shape index (κ2) is 16.4. The normalized spacial score (nSPS) is 15.9. The quantitative estimate of drug-likeness (QED) is 0.147. The van der Waals surface area contributed by atoms with Gasteiger partial charge in [-0.3, -0.25) is 14.5 Å². The lowest BCUT2D eigenvalue weighted by atomic mass is 9.92. The van der Waals surface area contributed by atoms with Crippen LogP contribution in [0.3, 0.4) is 0 Å². The molecular formula is C42H41ClF2N4O5. The predicted molar refractivity (Wildman–Crippen MR) is 203 cm³/mol. The molecule has 2 aliphatic rings. The number of carbonyl (C=O) groups is 2. The Labute approximate surface area is 318 Å². The summed E-state index contributed by atoms with van der Waals surface area (Å²) in [5.74, 6) is -0.358. The second-order valence-electron chi connectivity index (χ2n) is 13.5. The van der Waals surface area contributed by atoms with Crippen LogP contribution in [0.15, 0.2) is 97.1 Å². The van der Waals surface area contributed by atoms with Crippen molar-refractivity contribution < 1.29 is 32.6 Å². The van der Waals surface area contributed by atoms with E-state index in [1.807, 2.05) is 53.4 Å². The van der Waals surface area contributed by atoms with Crippen LogP contribution in [0.4, 0.5) is 14.5 Å². The Bertz CT molecular complexity index is 2120. The van der Waals surface area contributed by atoms with Gasteiger partial charge in [-0.2, -0.15) is 8.78 Å². The van der Waals surface area contributed by atoms with Crippen molar-refractivity contribution >= 4 is 29.1 Å². The van der Waals surface area contributed by atoms with Crippen molar-refractivity contribution in [1.29, 1.82) is 0 Å². The van der Waals surface area contributed by atoms with E-state index >= 15 is 0 Å². The lowest BCUT2D eigenvalue weighted by molar-refractivity contribution is -0.0498. The van der Waals surface area contributed by atoms with E-state index in [0.29, 0.717) is 73.3 Å². The molecule has 1 aromatic heterocycles. The van der Waals surface area contributed by atoms with Crippen LogP contribution in [0.25, 0.3) is 11.3 Å². The molecule has 54 heavy (non-hydrogen) atoms. The zero-order valence-electron chi connectivity index (χ0n) is 30.1. The zero-order valence-corrected chi connectivity index (χ0v) is 30.8. The molecule has 1 saturated heterocycles. The highest BCUT2D eigenvalue weighted by Gasteiger charge is 2.34. The van der Waals surface area contributed by atoms with Crippen molar-refractivity contribution in [2.24, 2.45) is 7.05 Å². The first-order valence-electron chi connectivity index (χ1n) is 17.9. The van der Waals surface area contributed by atoms with Crippen molar-refractivity contribution in [2.75, 3.05) is 38.2 Å². The van der Waals surface area contributed by atoms with Crippen LogP contribution in [0.1, 0.15) is 43.1 Å². The van der Waals surface area contributed by atoms with Gasteiger partial charge in [-0.1, -0.05) is 66.2 Å². The molecule has 2 aliphatic heterocycles. The van der Waals surface area contributed by atoms with E-state index in [2.05, 4.69) is 16.3 Å². The number of anilines is 1. The van der Waals surface area contributed by atoms with Crippen molar-refractivity contribution in [2.45, 2.75) is 39.1 Å². The molecule has 2 amide bonds. The molecule has 0 spiro atoms. The molecule has 280 valence electrons. The summed E-state index contributed by atoms with van der Waals surface area (Å²) in [6.45, 7) is 2.76. The lowest BCUT2D eigenvalue weighted by Gasteiger charge is -2.40. The van der Waals surface area contributed by atoms with Gasteiger partial charge in [-0.25, -0.2) is 0 Å². The molecule has 1 fully saturated rings. The number of halogens is 3. The van der Waals surface area contributed by atoms with Gasteiger partial charge in [0.05, 0.1) is 29.4 Å². The summed E-state index contributed by atoms with van der Waals surface area (Å²) in [5, 5.41) is 2.86. The number of benzene rings is 4. The van der Waals surface area contributed by atoms with Gasteiger partial charge in [0, 0.05) is 61.9 Å². The third-order valence-electron chi connectivity index (χ3n) is 10.1. The Balaban J connectivity index is 1.18. The third kappa shape index (κ3) is 8.28. The minimum absolute atomic E-state index is 0.0878. The predicted octanol–water partition coefficient (Wildman–Crippen LogP) is 7.99. The maximum Gasteiger partial charge on any atom is 0.387 e. The minimum Gasteiger partial charge on any atom is -0.489 e. The fourth-order valence-corrected chi connectivity index (χ4v) is 7.32. The third-order valence-corrected chi connectivity index (χ3v) is 10.4. The highest BCUT2D eigenvalue weighted by atomic mass is 35.5. The summed E-state index contributed by atoms with van der Waals surface area (Å²) in [6, 6.07) is 29.2. The van der Waals surface area contributed by atoms with Crippen LogP contribution >= 0.6 is 11.6 Å². The van der Waals surface area contributed by atoms with Crippen molar-refractivity contribution in [1.82, 2.24) is 14.4 Å². The molecule has 0 bridgehead atoms. The number of hydrogen-bond acceptors (Lipinski definition) is 6. The van der Waals surface area contributed by atoms with Crippen LogP contribution < -0.4 is 14.8 Å². The number of amides is 2. The molecule has 0 radical (unpaired) electrons. The number of nitrogens with one attached hydrogen (secondary N) is 1. The number of alkyl halides is 2. The molecule has 0 saturated carbocycles. The van der Waals surface area contributed by atoms with Gasteiger partial charge >= 0.3 is 6.61 Å². The summed E-state index contributed by atoms with van der Waals surface area (Å²) < 4.78 is 45.2. The first kappa shape index (κ1) is 37.1. The molecule has 0 aliphatic carbocycles. The lowest BCUT2D eigenvalue weighted by Crippen LogP contribution is -2.52. The molecule has 5 aromatic rings. The fraction of sp³-hybridized carbons (Fsp3) is 0.286. The van der Waals surface area contributed by atoms with E-state index in [1.165, 1.54) is 17.7 Å². The SMILES string of the molecule is Cc1c(C(=O)Nc2ccc(OCc3ccccc3)cc2)cc(-c2cc(Cl)c(OC(F)F)cc2C(=O)N2Cc3ccccc3C[C@H]2CN2CCOCC2)n1C. The van der Waals surface area contributed by atoms with E-state index in [9.17, 15) is 18.4 Å². The van der Waals surface area contributed by atoms with E-state index in [1.54, 1.807) is 48.9 Å². The monoisotopic (exact) mass is 754 g/mol. The first-order valence-corrected chi connectivity index (χ1v) is 18.2. The number of fused-ring (bicyclic) bond motifs is 1. The maximum atomic E-state index is 14.8. The van der Waals surface area contributed by atoms with Crippen LogP contribution in [-0.2, 0) is 31.4 Å². The molecule has 1 N–H and O–H groups in total. The Morgan fingerprint density at radius 2 is 1.63 bits per heavy atom. The molecule has 12 heteroatoms. The topological polar surface area (TPSA) is 85.3 Å². The molecule has 7 rings (SSSR count). The summed E-state index contributed by atoms with van der Waals surface area (Å²) in [4.78, 5) is 32.6.